The highest BCUT2D eigenvalue weighted by Gasteiger charge is 2.21. The first kappa shape index (κ1) is 19.9. The first-order valence-electron chi connectivity index (χ1n) is 10.1. The molecular formula is C23H32N2OS. The quantitative estimate of drug-likeness (QED) is 0.705. The number of hydrogen-bond donors (Lipinski definition) is 1. The molecule has 0 spiro atoms. The lowest BCUT2D eigenvalue weighted by atomic mass is 9.91. The molecule has 0 unspecified atom stereocenters. The number of carbonyl (C=O) groups excluding carboxylic acids is 1. The molecule has 146 valence electrons. The molecule has 0 aliphatic carbocycles. The Balaban J connectivity index is 1.87. The van der Waals surface area contributed by atoms with E-state index in [1.54, 1.807) is 0 Å². The van der Waals surface area contributed by atoms with E-state index in [1.165, 1.54) is 27.3 Å². The van der Waals surface area contributed by atoms with Gasteiger partial charge in [-0.15, -0.1) is 11.3 Å². The largest absolute Gasteiger partial charge is 0.367 e. The summed E-state index contributed by atoms with van der Waals surface area (Å²) in [6, 6.07) is 6.82. The van der Waals surface area contributed by atoms with Crippen LogP contribution in [-0.4, -0.2) is 12.5 Å². The number of aryl methyl sites for hydroxylation is 2. The summed E-state index contributed by atoms with van der Waals surface area (Å²) in [5.41, 5.74) is 6.26. The van der Waals surface area contributed by atoms with Crippen LogP contribution >= 0.6 is 11.3 Å². The highest BCUT2D eigenvalue weighted by atomic mass is 32.1. The monoisotopic (exact) mass is 384 g/mol. The fourth-order valence-corrected chi connectivity index (χ4v) is 4.67. The lowest BCUT2D eigenvalue weighted by Gasteiger charge is -2.30. The maximum Gasteiger partial charge on any atom is 0.224 e. The van der Waals surface area contributed by atoms with Crippen LogP contribution in [0.2, 0.25) is 0 Å². The lowest BCUT2D eigenvalue weighted by molar-refractivity contribution is -0.117. The molecule has 0 saturated heterocycles. The number of amides is 1. The van der Waals surface area contributed by atoms with Crippen LogP contribution < -0.4 is 10.2 Å². The summed E-state index contributed by atoms with van der Waals surface area (Å²) < 4.78 is 0. The zero-order chi connectivity index (χ0) is 19.6. The van der Waals surface area contributed by atoms with E-state index in [0.717, 1.165) is 38.0 Å². The van der Waals surface area contributed by atoms with Crippen LogP contribution in [-0.2, 0) is 30.6 Å². The second-order valence-electron chi connectivity index (χ2n) is 8.67. The third kappa shape index (κ3) is 4.73. The number of nitrogens with one attached hydrogen (secondary N) is 1. The number of benzene rings is 1. The highest BCUT2D eigenvalue weighted by molar-refractivity contribution is 7.10. The van der Waals surface area contributed by atoms with E-state index in [1.807, 2.05) is 11.3 Å². The average molecular weight is 385 g/mol. The van der Waals surface area contributed by atoms with Crippen molar-refractivity contribution in [1.29, 1.82) is 0 Å². The lowest BCUT2D eigenvalue weighted by Crippen LogP contribution is -2.29. The van der Waals surface area contributed by atoms with Crippen molar-refractivity contribution in [2.45, 2.75) is 66.8 Å². The maximum atomic E-state index is 12.5. The van der Waals surface area contributed by atoms with Gasteiger partial charge in [0.2, 0.25) is 5.91 Å². The van der Waals surface area contributed by atoms with Crippen LogP contribution in [0.5, 0.6) is 0 Å². The van der Waals surface area contributed by atoms with E-state index in [-0.39, 0.29) is 11.3 Å². The van der Waals surface area contributed by atoms with Crippen LogP contribution in [0.25, 0.3) is 0 Å². The molecule has 2 heterocycles. The molecule has 1 aromatic heterocycles. The normalized spacial score (nSPS) is 14.2. The number of nitrogens with zero attached hydrogens (tertiary/aromatic N) is 1. The molecule has 4 heteroatoms. The zero-order valence-corrected chi connectivity index (χ0v) is 18.1. The molecule has 3 rings (SSSR count). The Labute approximate surface area is 167 Å². The molecule has 1 amide bonds. The molecule has 0 radical (unpaired) electrons. The number of hydrogen-bond acceptors (Lipinski definition) is 3. The Morgan fingerprint density at radius 2 is 1.85 bits per heavy atom. The van der Waals surface area contributed by atoms with E-state index in [4.69, 9.17) is 0 Å². The molecule has 1 N–H and O–H groups in total. The van der Waals surface area contributed by atoms with Crippen molar-refractivity contribution in [2.24, 2.45) is 5.41 Å². The molecule has 2 aromatic rings. The number of thiophene rings is 1. The summed E-state index contributed by atoms with van der Waals surface area (Å²) in [6.45, 7) is 12.7. The minimum Gasteiger partial charge on any atom is -0.367 e. The van der Waals surface area contributed by atoms with E-state index >= 15 is 0 Å². The van der Waals surface area contributed by atoms with E-state index < -0.39 is 0 Å². The van der Waals surface area contributed by atoms with Gasteiger partial charge in [-0.05, 0) is 64.9 Å². The van der Waals surface area contributed by atoms with E-state index in [9.17, 15) is 4.79 Å². The standard InChI is InChI=1S/C23H32N2OS/c1-6-16-12-19(25-10-8-20-18(15-25)9-11-27-20)13-17(7-2)22(16)24-21(26)14-23(3,4)5/h9,11-13H,6-8,10,14-15H2,1-5H3,(H,24,26). The Hall–Kier alpha value is -1.81. The second-order valence-corrected chi connectivity index (χ2v) is 9.67. The van der Waals surface area contributed by atoms with Crippen molar-refractivity contribution in [3.8, 4) is 0 Å². The zero-order valence-electron chi connectivity index (χ0n) is 17.3. The van der Waals surface area contributed by atoms with Crippen LogP contribution in [0.4, 0.5) is 11.4 Å². The van der Waals surface area contributed by atoms with Crippen LogP contribution in [0, 0.1) is 5.41 Å². The summed E-state index contributed by atoms with van der Waals surface area (Å²) in [5.74, 6) is 0.112. The molecule has 27 heavy (non-hydrogen) atoms. The number of fused-ring (bicyclic) bond motifs is 1. The fraction of sp³-hybridized carbons (Fsp3) is 0.522. The molecule has 0 bridgehead atoms. The molecule has 0 fully saturated rings. The summed E-state index contributed by atoms with van der Waals surface area (Å²) in [6.07, 6.45) is 3.50. The molecule has 1 aliphatic heterocycles. The van der Waals surface area contributed by atoms with Crippen molar-refractivity contribution < 1.29 is 4.79 Å². The van der Waals surface area contributed by atoms with Crippen LogP contribution in [0.3, 0.4) is 0 Å². The van der Waals surface area contributed by atoms with E-state index in [0.29, 0.717) is 6.42 Å². The van der Waals surface area contributed by atoms with E-state index in [2.05, 4.69) is 68.4 Å². The van der Waals surface area contributed by atoms with Gasteiger partial charge in [0.05, 0.1) is 0 Å². The Bertz CT molecular complexity index is 791. The predicted octanol–water partition coefficient (Wildman–Crippen LogP) is 5.81. The van der Waals surface area contributed by atoms with Crippen molar-refractivity contribution in [3.63, 3.8) is 0 Å². The SMILES string of the molecule is CCc1cc(N2CCc3sccc3C2)cc(CC)c1NC(=O)CC(C)(C)C. The Morgan fingerprint density at radius 3 is 2.44 bits per heavy atom. The second kappa shape index (κ2) is 8.05. The van der Waals surface area contributed by atoms with Gasteiger partial charge < -0.3 is 10.2 Å². The van der Waals surface area contributed by atoms with Crippen molar-refractivity contribution in [2.75, 3.05) is 16.8 Å². The van der Waals surface area contributed by atoms with Gasteiger partial charge in [-0.3, -0.25) is 4.79 Å². The van der Waals surface area contributed by atoms with Crippen LogP contribution in [0.15, 0.2) is 23.6 Å². The summed E-state index contributed by atoms with van der Waals surface area (Å²) >= 11 is 1.88. The molecule has 0 saturated carbocycles. The Morgan fingerprint density at radius 1 is 1.19 bits per heavy atom. The van der Waals surface area contributed by atoms with Crippen molar-refractivity contribution in [1.82, 2.24) is 0 Å². The average Bonchev–Trinajstić information content (AvgIpc) is 3.07. The van der Waals surface area contributed by atoms with Gasteiger partial charge in [0.1, 0.15) is 0 Å². The summed E-state index contributed by atoms with van der Waals surface area (Å²) in [4.78, 5) is 16.5. The highest BCUT2D eigenvalue weighted by Crippen LogP contribution is 2.33. The van der Waals surface area contributed by atoms with Gasteiger partial charge in [-0.2, -0.15) is 0 Å². The van der Waals surface area contributed by atoms with Gasteiger partial charge in [-0.1, -0.05) is 34.6 Å². The number of rotatable bonds is 5. The van der Waals surface area contributed by atoms with Gasteiger partial charge in [0.15, 0.2) is 0 Å². The minimum atomic E-state index is -0.00514. The molecule has 0 atom stereocenters. The number of anilines is 2. The maximum absolute atomic E-state index is 12.5. The molecular weight excluding hydrogens is 352 g/mol. The third-order valence-electron chi connectivity index (χ3n) is 5.18. The third-order valence-corrected chi connectivity index (χ3v) is 6.20. The van der Waals surface area contributed by atoms with Crippen molar-refractivity contribution in [3.05, 3.63) is 45.1 Å². The molecule has 1 aromatic carbocycles. The predicted molar refractivity (Wildman–Crippen MR) is 117 cm³/mol. The van der Waals surface area contributed by atoms with Gasteiger partial charge in [-0.25, -0.2) is 0 Å². The minimum absolute atomic E-state index is 0.00514. The van der Waals surface area contributed by atoms with Gasteiger partial charge >= 0.3 is 0 Å². The smallest absolute Gasteiger partial charge is 0.224 e. The van der Waals surface area contributed by atoms with Crippen LogP contribution in [0.1, 0.15) is 62.6 Å². The Kier molecular flexibility index (Phi) is 5.95. The first-order valence-corrected chi connectivity index (χ1v) is 10.9. The topological polar surface area (TPSA) is 32.3 Å². The van der Waals surface area contributed by atoms with Crippen molar-refractivity contribution >= 4 is 28.6 Å². The fourth-order valence-electron chi connectivity index (χ4n) is 3.78. The molecule has 1 aliphatic rings. The summed E-state index contributed by atoms with van der Waals surface area (Å²) in [7, 11) is 0. The first-order chi connectivity index (χ1) is 12.8. The molecule has 3 nitrogen and oxygen atoms in total. The van der Waals surface area contributed by atoms with Gasteiger partial charge in [0.25, 0.3) is 0 Å². The van der Waals surface area contributed by atoms with Gasteiger partial charge in [0, 0.05) is 35.8 Å². The summed E-state index contributed by atoms with van der Waals surface area (Å²) in [5, 5.41) is 5.43. The number of carbonyl (C=O) groups is 1.